The molecule has 2 N–H and O–H groups in total. The highest BCUT2D eigenvalue weighted by Crippen LogP contribution is 2.22. The Labute approximate surface area is 147 Å². The van der Waals surface area contributed by atoms with Crippen molar-refractivity contribution in [3.8, 4) is 0 Å². The summed E-state index contributed by atoms with van der Waals surface area (Å²) < 4.78 is 11.3. The Morgan fingerprint density at radius 2 is 2.04 bits per heavy atom. The fraction of sp³-hybridized carbons (Fsp3) is 0.500. The molecular weight excluding hydrogens is 320 g/mol. The summed E-state index contributed by atoms with van der Waals surface area (Å²) in [6, 6.07) is 5.43. The molecule has 0 saturated carbocycles. The Kier molecular flexibility index (Phi) is 5.15. The summed E-state index contributed by atoms with van der Waals surface area (Å²) in [6.07, 6.45) is 2.31. The van der Waals surface area contributed by atoms with Crippen molar-refractivity contribution < 1.29 is 14.3 Å². The first kappa shape index (κ1) is 17.6. The molecule has 0 atom stereocenters. The topological polar surface area (TPSA) is 85.4 Å². The van der Waals surface area contributed by atoms with Crippen molar-refractivity contribution in [2.45, 2.75) is 26.1 Å². The molecule has 1 aromatic heterocycles. The molecule has 1 amide bonds. The van der Waals surface area contributed by atoms with E-state index in [9.17, 15) is 4.79 Å². The van der Waals surface area contributed by atoms with Gasteiger partial charge in [0.05, 0.1) is 18.7 Å². The average molecular weight is 344 g/mol. The molecular formula is C18H24N4O3. The number of amides is 1. The number of nitrogens with one attached hydrogen (secondary N) is 2. The van der Waals surface area contributed by atoms with E-state index >= 15 is 0 Å². The SMILES string of the molecule is CNc1ncnc2cc(C(=O)NCCC3COC(C)(C)OC3)ccc12. The smallest absolute Gasteiger partial charge is 0.251 e. The molecule has 0 bridgehead atoms. The highest BCUT2D eigenvalue weighted by Gasteiger charge is 2.27. The number of benzene rings is 1. The van der Waals surface area contributed by atoms with Gasteiger partial charge in [0.1, 0.15) is 12.1 Å². The Balaban J connectivity index is 1.56. The summed E-state index contributed by atoms with van der Waals surface area (Å²) in [4.78, 5) is 20.8. The van der Waals surface area contributed by atoms with Gasteiger partial charge in [0.2, 0.25) is 0 Å². The maximum absolute atomic E-state index is 12.4. The van der Waals surface area contributed by atoms with E-state index in [4.69, 9.17) is 9.47 Å². The largest absolute Gasteiger partial charge is 0.373 e. The number of anilines is 1. The van der Waals surface area contributed by atoms with Crippen molar-refractivity contribution in [2.75, 3.05) is 32.1 Å². The third-order valence-corrected chi connectivity index (χ3v) is 4.31. The molecule has 2 aromatic rings. The Hall–Kier alpha value is -2.25. The number of rotatable bonds is 5. The van der Waals surface area contributed by atoms with E-state index in [0.29, 0.717) is 31.2 Å². The molecule has 7 nitrogen and oxygen atoms in total. The third-order valence-electron chi connectivity index (χ3n) is 4.31. The van der Waals surface area contributed by atoms with Gasteiger partial charge in [-0.2, -0.15) is 0 Å². The van der Waals surface area contributed by atoms with Gasteiger partial charge in [-0.1, -0.05) is 0 Å². The normalized spacial score (nSPS) is 17.4. The second-order valence-corrected chi connectivity index (χ2v) is 6.64. The minimum absolute atomic E-state index is 0.107. The highest BCUT2D eigenvalue weighted by atomic mass is 16.7. The maximum Gasteiger partial charge on any atom is 0.251 e. The van der Waals surface area contributed by atoms with E-state index in [1.807, 2.05) is 27.0 Å². The van der Waals surface area contributed by atoms with E-state index < -0.39 is 5.79 Å². The average Bonchev–Trinajstić information content (AvgIpc) is 2.62. The van der Waals surface area contributed by atoms with E-state index in [0.717, 1.165) is 23.1 Å². The van der Waals surface area contributed by atoms with Gasteiger partial charge in [-0.25, -0.2) is 9.97 Å². The zero-order valence-electron chi connectivity index (χ0n) is 14.8. The first-order valence-corrected chi connectivity index (χ1v) is 8.47. The second-order valence-electron chi connectivity index (χ2n) is 6.64. The standard InChI is InChI=1S/C18H24N4O3/c1-18(2)24-9-12(10-25-18)6-7-20-17(23)13-4-5-14-15(8-13)21-11-22-16(14)19-3/h4-5,8,11-12H,6-7,9-10H2,1-3H3,(H,20,23)(H,19,21,22). The fourth-order valence-corrected chi connectivity index (χ4v) is 2.78. The Bertz CT molecular complexity index is 753. The van der Waals surface area contributed by atoms with Crippen LogP contribution in [0.2, 0.25) is 0 Å². The number of carbonyl (C=O) groups is 1. The van der Waals surface area contributed by atoms with Crippen molar-refractivity contribution in [3.05, 3.63) is 30.1 Å². The lowest BCUT2D eigenvalue weighted by molar-refractivity contribution is -0.262. The summed E-state index contributed by atoms with van der Waals surface area (Å²) in [6.45, 7) is 5.72. The number of nitrogens with zero attached hydrogens (tertiary/aromatic N) is 2. The lowest BCUT2D eigenvalue weighted by atomic mass is 10.1. The van der Waals surface area contributed by atoms with Crippen LogP contribution in [-0.2, 0) is 9.47 Å². The number of aromatic nitrogens is 2. The van der Waals surface area contributed by atoms with Crippen LogP contribution in [0.25, 0.3) is 10.9 Å². The number of ether oxygens (including phenoxy) is 2. The molecule has 3 rings (SSSR count). The van der Waals surface area contributed by atoms with E-state index in [1.54, 1.807) is 12.1 Å². The van der Waals surface area contributed by atoms with Crippen LogP contribution in [0.1, 0.15) is 30.6 Å². The maximum atomic E-state index is 12.4. The molecule has 1 aromatic carbocycles. The third kappa shape index (κ3) is 4.24. The molecule has 25 heavy (non-hydrogen) atoms. The molecule has 0 radical (unpaired) electrons. The van der Waals surface area contributed by atoms with Crippen LogP contribution in [0.5, 0.6) is 0 Å². The number of carbonyl (C=O) groups excluding carboxylic acids is 1. The van der Waals surface area contributed by atoms with Gasteiger partial charge >= 0.3 is 0 Å². The first-order chi connectivity index (χ1) is 12.0. The summed E-state index contributed by atoms with van der Waals surface area (Å²) in [5, 5.41) is 6.86. The Morgan fingerprint density at radius 1 is 1.28 bits per heavy atom. The second kappa shape index (κ2) is 7.33. The summed E-state index contributed by atoms with van der Waals surface area (Å²) in [5.74, 6) is 0.441. The van der Waals surface area contributed by atoms with Crippen molar-refractivity contribution in [1.82, 2.24) is 15.3 Å². The van der Waals surface area contributed by atoms with Gasteiger partial charge in [0.15, 0.2) is 5.79 Å². The van der Waals surface area contributed by atoms with Crippen LogP contribution in [0.4, 0.5) is 5.82 Å². The van der Waals surface area contributed by atoms with Crippen molar-refractivity contribution in [2.24, 2.45) is 5.92 Å². The van der Waals surface area contributed by atoms with E-state index in [-0.39, 0.29) is 5.91 Å². The number of fused-ring (bicyclic) bond motifs is 1. The Morgan fingerprint density at radius 3 is 2.76 bits per heavy atom. The van der Waals surface area contributed by atoms with Crippen LogP contribution < -0.4 is 10.6 Å². The monoisotopic (exact) mass is 344 g/mol. The lowest BCUT2D eigenvalue weighted by Crippen LogP contribution is -2.40. The minimum atomic E-state index is -0.501. The molecule has 1 fully saturated rings. The molecule has 2 heterocycles. The van der Waals surface area contributed by atoms with Crippen molar-refractivity contribution in [1.29, 1.82) is 0 Å². The van der Waals surface area contributed by atoms with Gasteiger partial charge in [-0.05, 0) is 38.5 Å². The van der Waals surface area contributed by atoms with Crippen molar-refractivity contribution in [3.63, 3.8) is 0 Å². The van der Waals surface area contributed by atoms with Gasteiger partial charge in [0, 0.05) is 30.5 Å². The molecule has 0 unspecified atom stereocenters. The van der Waals surface area contributed by atoms with Crippen molar-refractivity contribution >= 4 is 22.6 Å². The molecule has 7 heteroatoms. The minimum Gasteiger partial charge on any atom is -0.373 e. The lowest BCUT2D eigenvalue weighted by Gasteiger charge is -2.35. The van der Waals surface area contributed by atoms with Gasteiger partial charge in [-0.3, -0.25) is 4.79 Å². The number of hydrogen-bond donors (Lipinski definition) is 2. The molecule has 134 valence electrons. The van der Waals surface area contributed by atoms with E-state index in [2.05, 4.69) is 20.6 Å². The summed E-state index contributed by atoms with van der Waals surface area (Å²) in [7, 11) is 1.81. The molecule has 1 saturated heterocycles. The van der Waals surface area contributed by atoms with Crippen LogP contribution in [-0.4, -0.2) is 48.5 Å². The van der Waals surface area contributed by atoms with E-state index in [1.165, 1.54) is 6.33 Å². The van der Waals surface area contributed by atoms with Gasteiger partial charge in [-0.15, -0.1) is 0 Å². The molecule has 0 aliphatic carbocycles. The van der Waals surface area contributed by atoms with Crippen LogP contribution in [0.3, 0.4) is 0 Å². The van der Waals surface area contributed by atoms with Gasteiger partial charge in [0.25, 0.3) is 5.91 Å². The predicted octanol–water partition coefficient (Wildman–Crippen LogP) is 2.19. The zero-order chi connectivity index (χ0) is 17.9. The van der Waals surface area contributed by atoms with Crippen LogP contribution in [0, 0.1) is 5.92 Å². The molecule has 0 spiro atoms. The molecule has 1 aliphatic rings. The van der Waals surface area contributed by atoms with Crippen LogP contribution >= 0.6 is 0 Å². The zero-order valence-corrected chi connectivity index (χ0v) is 14.8. The van der Waals surface area contributed by atoms with Crippen LogP contribution in [0.15, 0.2) is 24.5 Å². The molecule has 1 aliphatic heterocycles. The van der Waals surface area contributed by atoms with Gasteiger partial charge < -0.3 is 20.1 Å². The first-order valence-electron chi connectivity index (χ1n) is 8.47. The fourth-order valence-electron chi connectivity index (χ4n) is 2.78. The summed E-state index contributed by atoms with van der Waals surface area (Å²) >= 11 is 0. The number of hydrogen-bond acceptors (Lipinski definition) is 6. The highest BCUT2D eigenvalue weighted by molar-refractivity contribution is 5.99. The quantitative estimate of drug-likeness (QED) is 0.865. The summed E-state index contributed by atoms with van der Waals surface area (Å²) in [5.41, 5.74) is 1.33. The predicted molar refractivity (Wildman–Crippen MR) is 95.5 cm³/mol.